The number of nitrogens with zero attached hydrogens (tertiary/aromatic N) is 1. The van der Waals surface area contributed by atoms with Crippen LogP contribution in [0.25, 0.3) is 0 Å². The minimum atomic E-state index is 0.151. The molecule has 5 heteroatoms. The van der Waals surface area contributed by atoms with E-state index in [1.54, 1.807) is 0 Å². The number of carbonyl (C=O) groups is 1. The Kier molecular flexibility index (Phi) is 3.70. The largest absolute Gasteiger partial charge is 0.381 e. The van der Waals surface area contributed by atoms with E-state index >= 15 is 0 Å². The van der Waals surface area contributed by atoms with Crippen molar-refractivity contribution in [2.45, 2.75) is 37.8 Å². The fraction of sp³-hybridized carbons (Fsp3) is 0.923. The van der Waals surface area contributed by atoms with Gasteiger partial charge >= 0.3 is 6.03 Å². The lowest BCUT2D eigenvalue weighted by atomic mass is 9.92. The second-order valence-corrected chi connectivity index (χ2v) is 5.64. The molecule has 0 aromatic heterocycles. The summed E-state index contributed by atoms with van der Waals surface area (Å²) in [5.74, 6) is 0.606. The van der Waals surface area contributed by atoms with Crippen LogP contribution in [0.5, 0.6) is 0 Å². The van der Waals surface area contributed by atoms with Crippen LogP contribution in [-0.4, -0.2) is 55.9 Å². The third kappa shape index (κ3) is 2.47. The molecule has 0 aromatic rings. The van der Waals surface area contributed by atoms with Gasteiger partial charge in [-0.1, -0.05) is 0 Å². The van der Waals surface area contributed by atoms with E-state index in [0.29, 0.717) is 18.0 Å². The molecule has 3 rings (SSSR count). The highest BCUT2D eigenvalue weighted by molar-refractivity contribution is 5.77. The number of carbonyl (C=O) groups excluding carboxylic acids is 1. The summed E-state index contributed by atoms with van der Waals surface area (Å²) in [6.07, 6.45) is 4.36. The lowest BCUT2D eigenvalue weighted by Gasteiger charge is -2.31. The van der Waals surface area contributed by atoms with Crippen LogP contribution >= 0.6 is 0 Å². The van der Waals surface area contributed by atoms with Gasteiger partial charge in [-0.2, -0.15) is 0 Å². The Hall–Kier alpha value is -0.810. The first-order valence-electron chi connectivity index (χ1n) is 7.20. The molecule has 3 fully saturated rings. The minimum Gasteiger partial charge on any atom is -0.381 e. The van der Waals surface area contributed by atoms with Crippen LogP contribution in [0.3, 0.4) is 0 Å². The molecule has 1 atom stereocenters. The van der Waals surface area contributed by atoms with E-state index in [1.807, 2.05) is 0 Å². The number of hydrogen-bond donors (Lipinski definition) is 2. The maximum Gasteiger partial charge on any atom is 0.318 e. The molecule has 3 aliphatic heterocycles. The molecule has 3 heterocycles. The Morgan fingerprint density at radius 3 is 2.56 bits per heavy atom. The van der Waals surface area contributed by atoms with Crippen molar-refractivity contribution in [1.29, 1.82) is 0 Å². The fourth-order valence-electron chi connectivity index (χ4n) is 3.40. The third-order valence-electron chi connectivity index (χ3n) is 4.55. The van der Waals surface area contributed by atoms with Crippen LogP contribution in [0.2, 0.25) is 0 Å². The molecule has 1 unspecified atom stereocenters. The molecule has 0 saturated carbocycles. The van der Waals surface area contributed by atoms with E-state index < -0.39 is 0 Å². The van der Waals surface area contributed by atoms with E-state index in [1.165, 1.54) is 0 Å². The van der Waals surface area contributed by atoms with Crippen LogP contribution in [0, 0.1) is 5.92 Å². The first-order chi connectivity index (χ1) is 8.84. The fourth-order valence-corrected chi connectivity index (χ4v) is 3.40. The maximum absolute atomic E-state index is 12.1. The molecule has 3 aliphatic rings. The number of urea groups is 1. The Balaban J connectivity index is 1.58. The molecular formula is C13H23N3O2. The van der Waals surface area contributed by atoms with Crippen LogP contribution in [0.4, 0.5) is 4.79 Å². The molecule has 0 bridgehead atoms. The van der Waals surface area contributed by atoms with Crippen molar-refractivity contribution in [2.75, 3.05) is 32.8 Å². The normalized spacial score (nSPS) is 31.7. The Morgan fingerprint density at radius 2 is 1.83 bits per heavy atom. The highest BCUT2D eigenvalue weighted by atomic mass is 16.5. The molecule has 3 saturated heterocycles. The van der Waals surface area contributed by atoms with Gasteiger partial charge in [0.1, 0.15) is 0 Å². The van der Waals surface area contributed by atoms with Crippen LogP contribution in [0.15, 0.2) is 0 Å². The molecule has 0 aromatic carbocycles. The van der Waals surface area contributed by atoms with Crippen molar-refractivity contribution < 1.29 is 9.53 Å². The third-order valence-corrected chi connectivity index (χ3v) is 4.55. The van der Waals surface area contributed by atoms with Gasteiger partial charge in [0, 0.05) is 25.8 Å². The van der Waals surface area contributed by atoms with E-state index in [-0.39, 0.29) is 6.03 Å². The van der Waals surface area contributed by atoms with Gasteiger partial charge in [0.15, 0.2) is 0 Å². The van der Waals surface area contributed by atoms with Crippen molar-refractivity contribution in [3.63, 3.8) is 0 Å². The molecule has 0 spiro atoms. The molecule has 0 radical (unpaired) electrons. The summed E-state index contributed by atoms with van der Waals surface area (Å²) in [5.41, 5.74) is 0. The first kappa shape index (κ1) is 12.2. The van der Waals surface area contributed by atoms with Gasteiger partial charge in [-0.3, -0.25) is 0 Å². The lowest BCUT2D eigenvalue weighted by molar-refractivity contribution is 0.0558. The van der Waals surface area contributed by atoms with Gasteiger partial charge in [0.2, 0.25) is 0 Å². The Bertz CT molecular complexity index is 299. The van der Waals surface area contributed by atoms with E-state index in [2.05, 4.69) is 15.5 Å². The lowest BCUT2D eigenvalue weighted by Crippen LogP contribution is -2.44. The average molecular weight is 253 g/mol. The molecule has 0 aliphatic carbocycles. The van der Waals surface area contributed by atoms with Gasteiger partial charge in [-0.05, 0) is 44.7 Å². The van der Waals surface area contributed by atoms with Crippen LogP contribution in [0.1, 0.15) is 25.7 Å². The van der Waals surface area contributed by atoms with Crippen LogP contribution < -0.4 is 10.6 Å². The van der Waals surface area contributed by atoms with Gasteiger partial charge in [-0.25, -0.2) is 4.79 Å². The van der Waals surface area contributed by atoms with Crippen LogP contribution in [-0.2, 0) is 4.74 Å². The molecule has 2 amide bonds. The summed E-state index contributed by atoms with van der Waals surface area (Å²) < 4.78 is 5.39. The summed E-state index contributed by atoms with van der Waals surface area (Å²) in [7, 11) is 0. The van der Waals surface area contributed by atoms with Gasteiger partial charge in [-0.15, -0.1) is 0 Å². The number of rotatable bonds is 2. The zero-order chi connectivity index (χ0) is 12.4. The maximum atomic E-state index is 12.1. The molecular weight excluding hydrogens is 230 g/mol. The quantitative estimate of drug-likeness (QED) is 0.756. The van der Waals surface area contributed by atoms with Gasteiger partial charge in [0.05, 0.1) is 6.04 Å². The molecule has 5 nitrogen and oxygen atoms in total. The molecule has 102 valence electrons. The van der Waals surface area contributed by atoms with Crippen molar-refractivity contribution in [3.05, 3.63) is 0 Å². The summed E-state index contributed by atoms with van der Waals surface area (Å²) in [6, 6.07) is 0.936. The zero-order valence-corrected chi connectivity index (χ0v) is 10.9. The summed E-state index contributed by atoms with van der Waals surface area (Å²) >= 11 is 0. The smallest absolute Gasteiger partial charge is 0.318 e. The van der Waals surface area contributed by atoms with Crippen molar-refractivity contribution in [1.82, 2.24) is 15.5 Å². The highest BCUT2D eigenvalue weighted by Crippen LogP contribution is 2.25. The van der Waals surface area contributed by atoms with Gasteiger partial charge in [0.25, 0.3) is 0 Å². The van der Waals surface area contributed by atoms with E-state index in [4.69, 9.17) is 4.74 Å². The monoisotopic (exact) mass is 253 g/mol. The zero-order valence-electron chi connectivity index (χ0n) is 10.9. The topological polar surface area (TPSA) is 53.6 Å². The summed E-state index contributed by atoms with van der Waals surface area (Å²) in [6.45, 7) is 4.68. The average Bonchev–Trinajstić information content (AvgIpc) is 2.83. The van der Waals surface area contributed by atoms with Crippen molar-refractivity contribution >= 4 is 6.03 Å². The molecule has 18 heavy (non-hydrogen) atoms. The first-order valence-corrected chi connectivity index (χ1v) is 7.20. The summed E-state index contributed by atoms with van der Waals surface area (Å²) in [4.78, 5) is 14.2. The van der Waals surface area contributed by atoms with Crippen molar-refractivity contribution in [3.8, 4) is 0 Å². The van der Waals surface area contributed by atoms with E-state index in [0.717, 1.165) is 58.5 Å². The highest BCUT2D eigenvalue weighted by Gasteiger charge is 2.38. The molecule has 2 N–H and O–H groups in total. The Labute approximate surface area is 108 Å². The number of ether oxygens (including phenoxy) is 1. The van der Waals surface area contributed by atoms with Crippen molar-refractivity contribution in [2.24, 2.45) is 5.92 Å². The minimum absolute atomic E-state index is 0.151. The number of hydrogen-bond acceptors (Lipinski definition) is 3. The SMILES string of the molecule is O=C1NC(C2CCOCC2)CN1C1CCNCC1. The Morgan fingerprint density at radius 1 is 1.11 bits per heavy atom. The second-order valence-electron chi connectivity index (χ2n) is 5.64. The van der Waals surface area contributed by atoms with Gasteiger partial charge < -0.3 is 20.3 Å². The standard InChI is InChI=1S/C13H23N3O2/c17-13-15-12(10-3-7-18-8-4-10)9-16(13)11-1-5-14-6-2-11/h10-12,14H,1-9H2,(H,15,17). The number of amides is 2. The predicted molar refractivity (Wildman–Crippen MR) is 68.5 cm³/mol. The summed E-state index contributed by atoms with van der Waals surface area (Å²) in [5, 5.41) is 6.53. The number of nitrogens with one attached hydrogen (secondary N) is 2. The second kappa shape index (κ2) is 5.45. The number of piperidine rings is 1. The van der Waals surface area contributed by atoms with E-state index in [9.17, 15) is 4.79 Å². The predicted octanol–water partition coefficient (Wildman–Crippen LogP) is 0.559.